The fourth-order valence-electron chi connectivity index (χ4n) is 2.04. The SMILES string of the molecule is O=c1[nH]c(N[C@@H](c2ccccc2)P(=O)(O)O)nc2nc[nH]c12. The Morgan fingerprint density at radius 2 is 1.95 bits per heavy atom. The summed E-state index contributed by atoms with van der Waals surface area (Å²) in [4.78, 5) is 43.8. The normalized spacial score (nSPS) is 13.2. The zero-order valence-electron chi connectivity index (χ0n) is 11.1. The van der Waals surface area contributed by atoms with Gasteiger partial charge in [-0.3, -0.25) is 14.3 Å². The molecule has 114 valence electrons. The molecule has 3 aromatic rings. The quantitative estimate of drug-likeness (QED) is 0.450. The Hall–Kier alpha value is -2.48. The van der Waals surface area contributed by atoms with E-state index in [-0.39, 0.29) is 17.1 Å². The minimum atomic E-state index is -4.53. The lowest BCUT2D eigenvalue weighted by molar-refractivity contribution is 0.363. The van der Waals surface area contributed by atoms with Gasteiger partial charge in [0.15, 0.2) is 16.9 Å². The zero-order valence-corrected chi connectivity index (χ0v) is 12.0. The van der Waals surface area contributed by atoms with Crippen LogP contribution >= 0.6 is 7.60 Å². The minimum absolute atomic E-state index is 0.0678. The van der Waals surface area contributed by atoms with Gasteiger partial charge in [-0.25, -0.2) is 4.98 Å². The van der Waals surface area contributed by atoms with E-state index in [1.54, 1.807) is 30.3 Å². The van der Waals surface area contributed by atoms with Crippen LogP contribution in [0.3, 0.4) is 0 Å². The van der Waals surface area contributed by atoms with Crippen LogP contribution in [0.5, 0.6) is 0 Å². The maximum Gasteiger partial charge on any atom is 0.352 e. The topological polar surface area (TPSA) is 144 Å². The summed E-state index contributed by atoms with van der Waals surface area (Å²) in [6.07, 6.45) is 1.31. The molecule has 0 radical (unpaired) electrons. The molecular weight excluding hydrogens is 309 g/mol. The number of anilines is 1. The van der Waals surface area contributed by atoms with Crippen molar-refractivity contribution in [1.29, 1.82) is 0 Å². The van der Waals surface area contributed by atoms with Crippen LogP contribution in [0, 0.1) is 0 Å². The second-order valence-corrected chi connectivity index (χ2v) is 6.26. The van der Waals surface area contributed by atoms with Gasteiger partial charge >= 0.3 is 7.60 Å². The lowest BCUT2D eigenvalue weighted by Crippen LogP contribution is -2.17. The smallest absolute Gasteiger partial charge is 0.339 e. The highest BCUT2D eigenvalue weighted by Crippen LogP contribution is 2.51. The second-order valence-electron chi connectivity index (χ2n) is 4.56. The van der Waals surface area contributed by atoms with Gasteiger partial charge < -0.3 is 20.1 Å². The number of hydrogen-bond acceptors (Lipinski definition) is 5. The Bertz CT molecular complexity index is 901. The van der Waals surface area contributed by atoms with Crippen LogP contribution in [0.2, 0.25) is 0 Å². The van der Waals surface area contributed by atoms with E-state index in [1.807, 2.05) is 0 Å². The van der Waals surface area contributed by atoms with Gasteiger partial charge in [-0.2, -0.15) is 4.98 Å². The first kappa shape index (κ1) is 14.5. The molecular formula is C12H12N5O4P. The molecule has 0 aliphatic rings. The van der Waals surface area contributed by atoms with Crippen LogP contribution < -0.4 is 10.9 Å². The molecule has 2 heterocycles. The monoisotopic (exact) mass is 321 g/mol. The van der Waals surface area contributed by atoms with Crippen LogP contribution in [0.25, 0.3) is 11.2 Å². The molecule has 1 aromatic carbocycles. The van der Waals surface area contributed by atoms with Gasteiger partial charge in [0, 0.05) is 0 Å². The fraction of sp³-hybridized carbons (Fsp3) is 0.0833. The molecule has 0 fully saturated rings. The Morgan fingerprint density at radius 3 is 2.64 bits per heavy atom. The van der Waals surface area contributed by atoms with E-state index in [1.165, 1.54) is 6.33 Å². The molecule has 5 N–H and O–H groups in total. The highest BCUT2D eigenvalue weighted by Gasteiger charge is 2.31. The fourth-order valence-corrected chi connectivity index (χ4v) is 2.89. The Morgan fingerprint density at radius 1 is 1.23 bits per heavy atom. The molecule has 0 amide bonds. The Balaban J connectivity index is 2.03. The highest BCUT2D eigenvalue weighted by molar-refractivity contribution is 7.52. The van der Waals surface area contributed by atoms with E-state index in [9.17, 15) is 19.1 Å². The molecule has 2 aromatic heterocycles. The number of hydrogen-bond donors (Lipinski definition) is 5. The van der Waals surface area contributed by atoms with Crippen molar-refractivity contribution in [3.63, 3.8) is 0 Å². The summed E-state index contributed by atoms with van der Waals surface area (Å²) >= 11 is 0. The largest absolute Gasteiger partial charge is 0.352 e. The van der Waals surface area contributed by atoms with E-state index in [4.69, 9.17) is 0 Å². The van der Waals surface area contributed by atoms with Crippen molar-refractivity contribution in [3.05, 3.63) is 52.6 Å². The third-order valence-electron chi connectivity index (χ3n) is 3.02. The van der Waals surface area contributed by atoms with Gasteiger partial charge in [0.25, 0.3) is 5.56 Å². The van der Waals surface area contributed by atoms with Gasteiger partial charge in [0.1, 0.15) is 0 Å². The van der Waals surface area contributed by atoms with Crippen molar-refractivity contribution in [1.82, 2.24) is 19.9 Å². The average molecular weight is 321 g/mol. The molecule has 0 aliphatic heterocycles. The molecule has 9 nitrogen and oxygen atoms in total. The predicted molar refractivity (Wildman–Crippen MR) is 79.4 cm³/mol. The first-order valence-corrected chi connectivity index (χ1v) is 7.93. The van der Waals surface area contributed by atoms with Crippen molar-refractivity contribution in [2.45, 2.75) is 5.78 Å². The summed E-state index contributed by atoms with van der Waals surface area (Å²) < 4.78 is 11.7. The number of nitrogens with zero attached hydrogens (tertiary/aromatic N) is 2. The van der Waals surface area contributed by atoms with Gasteiger partial charge in [-0.15, -0.1) is 0 Å². The number of fused-ring (bicyclic) bond motifs is 1. The van der Waals surface area contributed by atoms with E-state index in [0.29, 0.717) is 5.56 Å². The summed E-state index contributed by atoms with van der Waals surface area (Å²) in [7, 11) is -4.53. The molecule has 3 rings (SSSR count). The van der Waals surface area contributed by atoms with Gasteiger partial charge in [-0.05, 0) is 5.56 Å². The lowest BCUT2D eigenvalue weighted by atomic mass is 10.2. The second kappa shape index (κ2) is 5.38. The number of aromatic amines is 2. The van der Waals surface area contributed by atoms with Crippen LogP contribution in [-0.4, -0.2) is 29.7 Å². The number of aromatic nitrogens is 4. The van der Waals surface area contributed by atoms with Crippen LogP contribution in [0.1, 0.15) is 11.3 Å². The molecule has 0 spiro atoms. The van der Waals surface area contributed by atoms with Crippen LogP contribution in [0.15, 0.2) is 41.5 Å². The maximum absolute atomic E-state index is 11.8. The van der Waals surface area contributed by atoms with Crippen LogP contribution in [0.4, 0.5) is 5.95 Å². The van der Waals surface area contributed by atoms with Gasteiger partial charge in [0.05, 0.1) is 6.33 Å². The van der Waals surface area contributed by atoms with E-state index in [0.717, 1.165) is 0 Å². The summed E-state index contributed by atoms with van der Waals surface area (Å²) in [5, 5.41) is 2.57. The number of rotatable bonds is 4. The van der Waals surface area contributed by atoms with Crippen LogP contribution in [-0.2, 0) is 4.57 Å². The Kier molecular flexibility index (Phi) is 3.53. The van der Waals surface area contributed by atoms with E-state index < -0.39 is 18.9 Å². The van der Waals surface area contributed by atoms with Crippen molar-refractivity contribution in [2.24, 2.45) is 0 Å². The summed E-state index contributed by atoms with van der Waals surface area (Å²) in [6.45, 7) is 0. The van der Waals surface area contributed by atoms with Gasteiger partial charge in [-0.1, -0.05) is 30.3 Å². The van der Waals surface area contributed by atoms with E-state index in [2.05, 4.69) is 25.3 Å². The zero-order chi connectivity index (χ0) is 15.7. The summed E-state index contributed by atoms with van der Waals surface area (Å²) in [5.74, 6) is -1.39. The number of nitrogens with one attached hydrogen (secondary N) is 3. The molecule has 10 heteroatoms. The number of benzene rings is 1. The van der Waals surface area contributed by atoms with E-state index >= 15 is 0 Å². The van der Waals surface area contributed by atoms with Crippen molar-refractivity contribution in [3.8, 4) is 0 Å². The van der Waals surface area contributed by atoms with Crippen molar-refractivity contribution in [2.75, 3.05) is 5.32 Å². The molecule has 0 bridgehead atoms. The lowest BCUT2D eigenvalue weighted by Gasteiger charge is -2.20. The molecule has 0 aliphatic carbocycles. The summed E-state index contributed by atoms with van der Waals surface area (Å²) in [6, 6.07) is 8.19. The standard InChI is InChI=1S/C12H12N5O4P/c18-10-8-9(14-6-13-8)15-12(16-10)17-11(22(19,20)21)7-4-2-1-3-5-7/h1-6,11H,(H2,19,20,21)(H3,13,14,15,16,17,18)/t11-/m1/s1. The predicted octanol–water partition coefficient (Wildman–Crippen LogP) is 0.935. The first-order valence-electron chi connectivity index (χ1n) is 6.25. The van der Waals surface area contributed by atoms with Gasteiger partial charge in [0.2, 0.25) is 5.95 Å². The molecule has 0 saturated heterocycles. The van der Waals surface area contributed by atoms with Crippen molar-refractivity contribution < 1.29 is 14.4 Å². The first-order chi connectivity index (χ1) is 10.4. The molecule has 22 heavy (non-hydrogen) atoms. The molecule has 0 saturated carbocycles. The number of H-pyrrole nitrogens is 2. The third kappa shape index (κ3) is 2.77. The summed E-state index contributed by atoms with van der Waals surface area (Å²) in [5.41, 5.74) is 0.241. The number of imidazole rings is 1. The van der Waals surface area contributed by atoms with Crippen molar-refractivity contribution >= 4 is 24.7 Å². The third-order valence-corrected chi connectivity index (χ3v) is 4.12. The Labute approximate surface area is 123 Å². The highest BCUT2D eigenvalue weighted by atomic mass is 31.2. The molecule has 1 atom stereocenters. The molecule has 0 unspecified atom stereocenters. The average Bonchev–Trinajstić information content (AvgIpc) is 2.93. The maximum atomic E-state index is 11.8. The minimum Gasteiger partial charge on any atom is -0.339 e.